The predicted molar refractivity (Wildman–Crippen MR) is 54.5 cm³/mol. The van der Waals surface area contributed by atoms with Gasteiger partial charge in [0.2, 0.25) is 0 Å². The van der Waals surface area contributed by atoms with Gasteiger partial charge >= 0.3 is 5.97 Å². The molecule has 0 amide bonds. The third-order valence-electron chi connectivity index (χ3n) is 2.29. The Hall–Kier alpha value is -1.33. The summed E-state index contributed by atoms with van der Waals surface area (Å²) in [5.41, 5.74) is 0.775. The van der Waals surface area contributed by atoms with Crippen LogP contribution in [0.4, 0.5) is 0 Å². The summed E-state index contributed by atoms with van der Waals surface area (Å²) >= 11 is 0. The molecule has 5 heteroatoms. The number of nitrogens with one attached hydrogen (secondary N) is 1. The zero-order valence-electron chi connectivity index (χ0n) is 8.31. The van der Waals surface area contributed by atoms with E-state index >= 15 is 0 Å². The molecule has 4 N–H and O–H groups in total. The lowest BCUT2D eigenvalue weighted by molar-refractivity contribution is -0.140. The molecule has 0 saturated heterocycles. The van der Waals surface area contributed by atoms with Crippen molar-refractivity contribution < 1.29 is 20.1 Å². The molecular formula is C10H15NO4. The molecule has 5 nitrogen and oxygen atoms in total. The first-order valence-corrected chi connectivity index (χ1v) is 4.79. The maximum absolute atomic E-state index is 10.6. The van der Waals surface area contributed by atoms with Crippen LogP contribution in [0.25, 0.3) is 0 Å². The van der Waals surface area contributed by atoms with Crippen molar-refractivity contribution in [2.24, 2.45) is 0 Å². The number of aliphatic hydroxyl groups excluding tert-OH is 2. The summed E-state index contributed by atoms with van der Waals surface area (Å²) < 4.78 is 0. The van der Waals surface area contributed by atoms with Crippen molar-refractivity contribution in [1.82, 2.24) is 5.32 Å². The molecule has 15 heavy (non-hydrogen) atoms. The Balaban J connectivity index is 2.48. The maximum Gasteiger partial charge on any atom is 0.323 e. The van der Waals surface area contributed by atoms with E-state index in [9.17, 15) is 9.90 Å². The first-order valence-electron chi connectivity index (χ1n) is 4.79. The van der Waals surface area contributed by atoms with E-state index in [4.69, 9.17) is 10.2 Å². The molecule has 1 rings (SSSR count). The molecular weight excluding hydrogens is 198 g/mol. The van der Waals surface area contributed by atoms with Gasteiger partial charge in [-0.1, -0.05) is 6.08 Å². The van der Waals surface area contributed by atoms with E-state index in [0.29, 0.717) is 6.42 Å². The summed E-state index contributed by atoms with van der Waals surface area (Å²) in [4.78, 5) is 10.6. The first-order chi connectivity index (χ1) is 7.15. The number of aliphatic hydroxyl groups is 2. The van der Waals surface area contributed by atoms with Crippen LogP contribution in [0.2, 0.25) is 0 Å². The summed E-state index contributed by atoms with van der Waals surface area (Å²) in [6, 6.07) is -0.976. The quantitative estimate of drug-likeness (QED) is 0.523. The molecule has 0 heterocycles. The molecule has 84 valence electrons. The Morgan fingerprint density at radius 2 is 2.33 bits per heavy atom. The van der Waals surface area contributed by atoms with Crippen LogP contribution in [0.5, 0.6) is 0 Å². The summed E-state index contributed by atoms with van der Waals surface area (Å²) in [5, 5.41) is 29.5. The Morgan fingerprint density at radius 3 is 2.87 bits per heavy atom. The topological polar surface area (TPSA) is 89.8 Å². The van der Waals surface area contributed by atoms with Crippen LogP contribution in [0.15, 0.2) is 23.5 Å². The molecule has 0 aromatic rings. The molecule has 0 aromatic heterocycles. The summed E-state index contributed by atoms with van der Waals surface area (Å²) in [7, 11) is 0. The number of rotatable bonds is 5. The normalized spacial score (nSPS) is 17.9. The molecule has 0 aromatic carbocycles. The van der Waals surface area contributed by atoms with Crippen molar-refractivity contribution in [2.75, 3.05) is 13.2 Å². The van der Waals surface area contributed by atoms with E-state index < -0.39 is 18.6 Å². The van der Waals surface area contributed by atoms with Crippen molar-refractivity contribution in [2.45, 2.75) is 18.9 Å². The SMILES string of the molecule is O=C(O)[C@H](CO)NCC1=C(O)C=CCC1. The Morgan fingerprint density at radius 1 is 1.60 bits per heavy atom. The second-order valence-electron chi connectivity index (χ2n) is 3.38. The lowest BCUT2D eigenvalue weighted by atomic mass is 10.0. The van der Waals surface area contributed by atoms with E-state index in [-0.39, 0.29) is 12.3 Å². The van der Waals surface area contributed by atoms with Gasteiger partial charge in [0.25, 0.3) is 0 Å². The van der Waals surface area contributed by atoms with Crippen LogP contribution in [0.3, 0.4) is 0 Å². The lowest BCUT2D eigenvalue weighted by Crippen LogP contribution is -2.40. The number of aliphatic carboxylic acids is 1. The van der Waals surface area contributed by atoms with Gasteiger partial charge in [-0.2, -0.15) is 0 Å². The third-order valence-corrected chi connectivity index (χ3v) is 2.29. The van der Waals surface area contributed by atoms with Crippen LogP contribution in [-0.4, -0.2) is 40.5 Å². The van der Waals surface area contributed by atoms with Crippen molar-refractivity contribution in [3.05, 3.63) is 23.5 Å². The number of carboxylic acids is 1. The second-order valence-corrected chi connectivity index (χ2v) is 3.38. The Labute approximate surface area is 87.7 Å². The van der Waals surface area contributed by atoms with E-state index in [1.165, 1.54) is 0 Å². The molecule has 0 saturated carbocycles. The van der Waals surface area contributed by atoms with Gasteiger partial charge in [0.15, 0.2) is 0 Å². The molecule has 0 spiro atoms. The standard InChI is InChI=1S/C10H15NO4/c12-6-8(10(14)15)11-5-7-3-1-2-4-9(7)13/h2,4,8,11-13H,1,3,5-6H2,(H,14,15)/t8-/m0/s1. The van der Waals surface area contributed by atoms with Gasteiger partial charge < -0.3 is 15.3 Å². The molecule has 0 bridgehead atoms. The van der Waals surface area contributed by atoms with E-state index in [1.807, 2.05) is 6.08 Å². The van der Waals surface area contributed by atoms with Gasteiger partial charge in [-0.25, -0.2) is 0 Å². The zero-order chi connectivity index (χ0) is 11.3. The number of hydrogen-bond acceptors (Lipinski definition) is 4. The molecule has 1 atom stereocenters. The van der Waals surface area contributed by atoms with Crippen LogP contribution in [0.1, 0.15) is 12.8 Å². The lowest BCUT2D eigenvalue weighted by Gasteiger charge is -2.15. The number of hydrogen-bond donors (Lipinski definition) is 4. The van der Waals surface area contributed by atoms with Crippen molar-refractivity contribution in [1.29, 1.82) is 0 Å². The fraction of sp³-hybridized carbons (Fsp3) is 0.500. The van der Waals surface area contributed by atoms with E-state index in [2.05, 4.69) is 5.32 Å². The highest BCUT2D eigenvalue weighted by atomic mass is 16.4. The minimum atomic E-state index is -1.09. The van der Waals surface area contributed by atoms with Crippen molar-refractivity contribution in [3.63, 3.8) is 0 Å². The van der Waals surface area contributed by atoms with Crippen molar-refractivity contribution >= 4 is 5.97 Å². The largest absolute Gasteiger partial charge is 0.508 e. The number of carboxylic acid groups (broad SMARTS) is 1. The Bertz CT molecular complexity index is 296. The first kappa shape index (κ1) is 11.7. The number of carbonyl (C=O) groups is 1. The maximum atomic E-state index is 10.6. The molecule has 0 radical (unpaired) electrons. The van der Waals surface area contributed by atoms with Gasteiger partial charge in [0.1, 0.15) is 11.8 Å². The van der Waals surface area contributed by atoms with E-state index in [1.54, 1.807) is 6.08 Å². The zero-order valence-corrected chi connectivity index (χ0v) is 8.31. The van der Waals surface area contributed by atoms with Gasteiger partial charge in [-0.15, -0.1) is 0 Å². The van der Waals surface area contributed by atoms with E-state index in [0.717, 1.165) is 12.0 Å². The minimum Gasteiger partial charge on any atom is -0.508 e. The highest BCUT2D eigenvalue weighted by Crippen LogP contribution is 2.15. The summed E-state index contributed by atoms with van der Waals surface area (Å²) in [6.45, 7) is -0.174. The van der Waals surface area contributed by atoms with Gasteiger partial charge in [-0.3, -0.25) is 10.1 Å². The third kappa shape index (κ3) is 3.38. The van der Waals surface area contributed by atoms with Gasteiger partial charge in [0, 0.05) is 6.54 Å². The Kier molecular flexibility index (Phi) is 4.33. The fourth-order valence-electron chi connectivity index (χ4n) is 1.35. The average Bonchev–Trinajstić information content (AvgIpc) is 2.21. The second kappa shape index (κ2) is 5.53. The van der Waals surface area contributed by atoms with Crippen LogP contribution < -0.4 is 5.32 Å². The molecule has 0 aliphatic heterocycles. The highest BCUT2D eigenvalue weighted by Gasteiger charge is 2.16. The highest BCUT2D eigenvalue weighted by molar-refractivity contribution is 5.73. The predicted octanol–water partition coefficient (Wildman–Crippen LogP) is 0.184. The molecule has 1 aliphatic rings. The molecule has 0 unspecified atom stereocenters. The van der Waals surface area contributed by atoms with Gasteiger partial charge in [0.05, 0.1) is 6.61 Å². The molecule has 0 fully saturated rings. The monoisotopic (exact) mass is 213 g/mol. The summed E-state index contributed by atoms with van der Waals surface area (Å²) in [5.74, 6) is -0.903. The van der Waals surface area contributed by atoms with Crippen LogP contribution in [0, 0.1) is 0 Å². The number of allylic oxidation sites excluding steroid dienone is 2. The van der Waals surface area contributed by atoms with Crippen LogP contribution in [-0.2, 0) is 4.79 Å². The van der Waals surface area contributed by atoms with Crippen LogP contribution >= 0.6 is 0 Å². The van der Waals surface area contributed by atoms with Gasteiger partial charge in [-0.05, 0) is 24.5 Å². The minimum absolute atomic E-state index is 0.191. The molecule has 1 aliphatic carbocycles. The van der Waals surface area contributed by atoms with Crippen molar-refractivity contribution in [3.8, 4) is 0 Å². The summed E-state index contributed by atoms with van der Waals surface area (Å²) in [6.07, 6.45) is 5.03. The smallest absolute Gasteiger partial charge is 0.323 e. The fourth-order valence-corrected chi connectivity index (χ4v) is 1.35. The average molecular weight is 213 g/mol.